The number of anilines is 1. The molecule has 0 spiro atoms. The molecule has 1 N–H and O–H groups in total. The number of rotatable bonds is 5. The van der Waals surface area contributed by atoms with E-state index in [9.17, 15) is 13.6 Å². The standard InChI is InChI=1S/C26H27F2N3O/c1-5-8-10-19(6-2)12-14-20-17-21(13-11-18(20)4)25(32)29-24-22(7-3)23-26(27,28)15-9-16-31(23)30-24/h5-6,8,10-11,13,17H,2,7,9,15-16H2,1,3-4H3,(H,29,30,32)/b8-5-,19-10+. The lowest BCUT2D eigenvalue weighted by Gasteiger charge is -2.24. The maximum absolute atomic E-state index is 14.5. The molecule has 1 aromatic carbocycles. The number of nitrogens with one attached hydrogen (secondary N) is 1. The highest BCUT2D eigenvalue weighted by Crippen LogP contribution is 2.41. The maximum Gasteiger partial charge on any atom is 0.289 e. The topological polar surface area (TPSA) is 46.9 Å². The molecule has 0 radical (unpaired) electrons. The van der Waals surface area contributed by atoms with Crippen LogP contribution < -0.4 is 5.32 Å². The summed E-state index contributed by atoms with van der Waals surface area (Å²) < 4.78 is 30.3. The van der Waals surface area contributed by atoms with Crippen molar-refractivity contribution in [2.75, 3.05) is 5.32 Å². The molecule has 0 bridgehead atoms. The number of allylic oxidation sites excluding steroid dienone is 5. The first-order chi connectivity index (χ1) is 15.3. The Morgan fingerprint density at radius 3 is 2.88 bits per heavy atom. The summed E-state index contributed by atoms with van der Waals surface area (Å²) >= 11 is 0. The van der Waals surface area contributed by atoms with Crippen LogP contribution in [0.3, 0.4) is 0 Å². The van der Waals surface area contributed by atoms with Gasteiger partial charge in [-0.15, -0.1) is 0 Å². The van der Waals surface area contributed by atoms with Gasteiger partial charge in [0, 0.05) is 35.2 Å². The van der Waals surface area contributed by atoms with Crippen molar-refractivity contribution in [3.8, 4) is 11.8 Å². The lowest BCUT2D eigenvalue weighted by Crippen LogP contribution is -2.26. The van der Waals surface area contributed by atoms with Crippen molar-refractivity contribution in [2.45, 2.75) is 52.5 Å². The van der Waals surface area contributed by atoms with Crippen LogP contribution in [0.25, 0.3) is 0 Å². The Labute approximate surface area is 187 Å². The van der Waals surface area contributed by atoms with E-state index in [1.165, 1.54) is 4.68 Å². The van der Waals surface area contributed by atoms with Gasteiger partial charge in [-0.2, -0.15) is 13.9 Å². The van der Waals surface area contributed by atoms with Crippen LogP contribution >= 0.6 is 0 Å². The Hall–Kier alpha value is -3.46. The van der Waals surface area contributed by atoms with Crippen molar-refractivity contribution in [1.82, 2.24) is 9.78 Å². The van der Waals surface area contributed by atoms with Crippen molar-refractivity contribution in [1.29, 1.82) is 0 Å². The number of alkyl halides is 2. The Morgan fingerprint density at radius 1 is 1.41 bits per heavy atom. The van der Waals surface area contributed by atoms with E-state index in [1.54, 1.807) is 25.1 Å². The minimum Gasteiger partial charge on any atom is -0.305 e. The molecular formula is C26H27F2N3O. The van der Waals surface area contributed by atoms with Gasteiger partial charge in [0.15, 0.2) is 5.82 Å². The van der Waals surface area contributed by atoms with Crippen LogP contribution in [0.2, 0.25) is 0 Å². The first-order valence-corrected chi connectivity index (χ1v) is 10.7. The molecule has 1 aliphatic heterocycles. The Balaban J connectivity index is 1.90. The zero-order chi connectivity index (χ0) is 23.3. The predicted octanol–water partition coefficient (Wildman–Crippen LogP) is 5.93. The van der Waals surface area contributed by atoms with Gasteiger partial charge >= 0.3 is 0 Å². The molecule has 166 valence electrons. The van der Waals surface area contributed by atoms with Crippen molar-refractivity contribution < 1.29 is 13.6 Å². The molecule has 2 aromatic rings. The fraction of sp³-hybridized carbons (Fsp3) is 0.308. The monoisotopic (exact) mass is 435 g/mol. The zero-order valence-electron chi connectivity index (χ0n) is 18.6. The van der Waals surface area contributed by atoms with Gasteiger partial charge in [0.25, 0.3) is 11.8 Å². The zero-order valence-corrected chi connectivity index (χ0v) is 18.6. The highest BCUT2D eigenvalue weighted by molar-refractivity contribution is 6.04. The molecule has 0 saturated heterocycles. The van der Waals surface area contributed by atoms with Crippen LogP contribution in [0.4, 0.5) is 14.6 Å². The second-order valence-electron chi connectivity index (χ2n) is 7.65. The quantitative estimate of drug-likeness (QED) is 0.467. The van der Waals surface area contributed by atoms with Crippen LogP contribution in [0.1, 0.15) is 59.4 Å². The molecule has 0 atom stereocenters. The highest BCUT2D eigenvalue weighted by Gasteiger charge is 2.41. The van der Waals surface area contributed by atoms with Crippen molar-refractivity contribution in [3.63, 3.8) is 0 Å². The summed E-state index contributed by atoms with van der Waals surface area (Å²) in [5.41, 5.74) is 3.08. The summed E-state index contributed by atoms with van der Waals surface area (Å²) in [6.07, 6.45) is 7.81. The van der Waals surface area contributed by atoms with Gasteiger partial charge in [-0.05, 0) is 50.5 Å². The first kappa shape index (κ1) is 23.2. The van der Waals surface area contributed by atoms with E-state index in [1.807, 2.05) is 38.1 Å². The average molecular weight is 436 g/mol. The molecule has 1 aromatic heterocycles. The number of benzene rings is 1. The number of hydrogen-bond acceptors (Lipinski definition) is 2. The van der Waals surface area contributed by atoms with Crippen molar-refractivity contribution in [2.24, 2.45) is 0 Å². The number of carbonyl (C=O) groups excluding carboxylic acids is 1. The molecule has 6 heteroatoms. The normalized spacial score (nSPS) is 15.1. The molecule has 2 heterocycles. The number of amides is 1. The molecule has 1 aliphatic rings. The first-order valence-electron chi connectivity index (χ1n) is 10.7. The fourth-order valence-corrected chi connectivity index (χ4v) is 3.65. The summed E-state index contributed by atoms with van der Waals surface area (Å²) in [7, 11) is 0. The van der Waals surface area contributed by atoms with Gasteiger partial charge in [0.1, 0.15) is 5.69 Å². The molecule has 3 rings (SSSR count). The van der Waals surface area contributed by atoms with E-state index in [0.29, 0.717) is 36.1 Å². The second-order valence-corrected chi connectivity index (χ2v) is 7.65. The largest absolute Gasteiger partial charge is 0.305 e. The lowest BCUT2D eigenvalue weighted by molar-refractivity contribution is -0.0372. The third-order valence-corrected chi connectivity index (χ3v) is 5.37. The molecule has 32 heavy (non-hydrogen) atoms. The molecular weight excluding hydrogens is 408 g/mol. The van der Waals surface area contributed by atoms with Crippen LogP contribution in [0.5, 0.6) is 0 Å². The average Bonchev–Trinajstić information content (AvgIpc) is 3.13. The Morgan fingerprint density at radius 2 is 2.19 bits per heavy atom. The van der Waals surface area contributed by atoms with E-state index in [4.69, 9.17) is 0 Å². The van der Waals surface area contributed by atoms with Gasteiger partial charge in [-0.3, -0.25) is 9.48 Å². The van der Waals surface area contributed by atoms with E-state index in [2.05, 4.69) is 28.8 Å². The number of hydrogen-bond donors (Lipinski definition) is 1. The van der Waals surface area contributed by atoms with E-state index < -0.39 is 11.8 Å². The van der Waals surface area contributed by atoms with Crippen LogP contribution in [-0.2, 0) is 18.9 Å². The Bertz CT molecular complexity index is 1160. The summed E-state index contributed by atoms with van der Waals surface area (Å²) in [4.78, 5) is 12.9. The smallest absolute Gasteiger partial charge is 0.289 e. The Kier molecular flexibility index (Phi) is 7.09. The predicted molar refractivity (Wildman–Crippen MR) is 124 cm³/mol. The summed E-state index contributed by atoms with van der Waals surface area (Å²) in [6, 6.07) is 5.20. The number of aryl methyl sites for hydroxylation is 2. The molecule has 1 amide bonds. The summed E-state index contributed by atoms with van der Waals surface area (Å²) in [6.45, 7) is 9.80. The van der Waals surface area contributed by atoms with Crippen molar-refractivity contribution in [3.05, 3.63) is 82.6 Å². The molecule has 4 nitrogen and oxygen atoms in total. The maximum atomic E-state index is 14.5. The third-order valence-electron chi connectivity index (χ3n) is 5.37. The van der Waals surface area contributed by atoms with Gasteiger partial charge in [0.2, 0.25) is 0 Å². The number of aromatic nitrogens is 2. The molecule has 0 fully saturated rings. The van der Waals surface area contributed by atoms with Gasteiger partial charge in [-0.25, -0.2) is 0 Å². The minimum absolute atomic E-state index is 0.0816. The lowest BCUT2D eigenvalue weighted by atomic mass is 10.0. The van der Waals surface area contributed by atoms with E-state index in [-0.39, 0.29) is 17.9 Å². The number of carbonyl (C=O) groups is 1. The van der Waals surface area contributed by atoms with E-state index in [0.717, 1.165) is 11.1 Å². The highest BCUT2D eigenvalue weighted by atomic mass is 19.3. The van der Waals surface area contributed by atoms with Crippen LogP contribution in [-0.4, -0.2) is 15.7 Å². The number of nitrogens with zero attached hydrogens (tertiary/aromatic N) is 2. The van der Waals surface area contributed by atoms with Gasteiger partial charge in [0.05, 0.1) is 0 Å². The second kappa shape index (κ2) is 9.78. The third kappa shape index (κ3) is 4.88. The number of fused-ring (bicyclic) bond motifs is 1. The molecule has 0 saturated carbocycles. The van der Waals surface area contributed by atoms with Crippen molar-refractivity contribution >= 4 is 11.7 Å². The number of halogens is 2. The van der Waals surface area contributed by atoms with Gasteiger partial charge < -0.3 is 5.32 Å². The minimum atomic E-state index is -2.93. The van der Waals surface area contributed by atoms with E-state index >= 15 is 0 Å². The SMILES string of the molecule is C=C/C(C#Cc1cc(C(=O)Nc2nn3c(c2CC)C(F)(F)CCC3)ccc1C)=C\C=C/C. The molecule has 0 unspecified atom stereocenters. The fourth-order valence-electron chi connectivity index (χ4n) is 3.65. The molecule has 0 aliphatic carbocycles. The van der Waals surface area contributed by atoms with Crippen LogP contribution in [0.15, 0.2) is 54.7 Å². The van der Waals surface area contributed by atoms with Crippen LogP contribution in [0, 0.1) is 18.8 Å². The summed E-state index contributed by atoms with van der Waals surface area (Å²) in [5, 5.41) is 7.01. The van der Waals surface area contributed by atoms with Gasteiger partial charge in [-0.1, -0.05) is 49.6 Å². The summed E-state index contributed by atoms with van der Waals surface area (Å²) in [5.74, 6) is 2.99.